The summed E-state index contributed by atoms with van der Waals surface area (Å²) in [6.45, 7) is 0.798. The molecular formula is C9H12Cl2N2O. The Hall–Kier alpha value is -0.640. The Morgan fingerprint density at radius 2 is 1.93 bits per heavy atom. The van der Waals surface area contributed by atoms with Crippen LogP contribution in [0.3, 0.4) is 0 Å². The lowest BCUT2D eigenvalue weighted by molar-refractivity contribution is 0.292. The van der Waals surface area contributed by atoms with Crippen molar-refractivity contribution in [3.05, 3.63) is 22.2 Å². The first kappa shape index (κ1) is 11.4. The van der Waals surface area contributed by atoms with E-state index >= 15 is 0 Å². The lowest BCUT2D eigenvalue weighted by Gasteiger charge is -2.09. The third-order valence-corrected chi connectivity index (χ3v) is 2.46. The molecule has 5 heteroatoms. The van der Waals surface area contributed by atoms with Crippen LogP contribution in [0.1, 0.15) is 6.42 Å². The molecule has 78 valence electrons. The summed E-state index contributed by atoms with van der Waals surface area (Å²) < 4.78 is 0. The molecule has 1 rings (SSSR count). The maximum Gasteiger partial charge on any atom is 0.0614 e. The van der Waals surface area contributed by atoms with Gasteiger partial charge >= 0.3 is 0 Å². The Balaban J connectivity index is 2.72. The molecule has 4 N–H and O–H groups in total. The molecule has 1 aromatic carbocycles. The Morgan fingerprint density at radius 1 is 1.29 bits per heavy atom. The summed E-state index contributed by atoms with van der Waals surface area (Å²) in [5.41, 5.74) is 7.00. The molecule has 1 aromatic rings. The number of halogens is 2. The van der Waals surface area contributed by atoms with Gasteiger partial charge in [-0.2, -0.15) is 0 Å². The number of nitrogens with one attached hydrogen (secondary N) is 1. The van der Waals surface area contributed by atoms with Gasteiger partial charge in [-0.1, -0.05) is 23.2 Å². The van der Waals surface area contributed by atoms with E-state index in [-0.39, 0.29) is 6.61 Å². The van der Waals surface area contributed by atoms with E-state index in [4.69, 9.17) is 34.0 Å². The number of aliphatic hydroxyl groups excluding tert-OH is 1. The first-order valence-corrected chi connectivity index (χ1v) is 5.00. The molecule has 0 saturated carbocycles. The highest BCUT2D eigenvalue weighted by Gasteiger charge is 2.03. The Bertz CT molecular complexity index is 318. The van der Waals surface area contributed by atoms with Crippen LogP contribution < -0.4 is 11.1 Å². The van der Waals surface area contributed by atoms with Gasteiger partial charge in [-0.05, 0) is 18.6 Å². The Labute approximate surface area is 92.8 Å². The van der Waals surface area contributed by atoms with E-state index in [0.717, 1.165) is 5.69 Å². The van der Waals surface area contributed by atoms with Crippen LogP contribution in [0, 0.1) is 0 Å². The fourth-order valence-corrected chi connectivity index (χ4v) is 1.35. The first-order valence-electron chi connectivity index (χ1n) is 4.24. The van der Waals surface area contributed by atoms with E-state index in [0.29, 0.717) is 28.7 Å². The SMILES string of the molecule is Nc1cc(Cl)c(Cl)cc1NCCCO. The first-order chi connectivity index (χ1) is 6.65. The van der Waals surface area contributed by atoms with Crippen LogP contribution in [0.4, 0.5) is 11.4 Å². The fraction of sp³-hybridized carbons (Fsp3) is 0.333. The van der Waals surface area contributed by atoms with Gasteiger partial charge < -0.3 is 16.2 Å². The minimum atomic E-state index is 0.147. The van der Waals surface area contributed by atoms with Gasteiger partial charge in [0.1, 0.15) is 0 Å². The van der Waals surface area contributed by atoms with Crippen molar-refractivity contribution < 1.29 is 5.11 Å². The number of rotatable bonds is 4. The molecule has 0 fully saturated rings. The van der Waals surface area contributed by atoms with Gasteiger partial charge in [0.2, 0.25) is 0 Å². The quantitative estimate of drug-likeness (QED) is 0.554. The van der Waals surface area contributed by atoms with E-state index in [2.05, 4.69) is 5.32 Å². The second-order valence-corrected chi connectivity index (χ2v) is 3.67. The van der Waals surface area contributed by atoms with Gasteiger partial charge in [-0.25, -0.2) is 0 Å². The van der Waals surface area contributed by atoms with Crippen molar-refractivity contribution in [2.45, 2.75) is 6.42 Å². The van der Waals surface area contributed by atoms with Gasteiger partial charge in [0.25, 0.3) is 0 Å². The molecule has 14 heavy (non-hydrogen) atoms. The highest BCUT2D eigenvalue weighted by Crippen LogP contribution is 2.30. The van der Waals surface area contributed by atoms with Crippen molar-refractivity contribution in [1.82, 2.24) is 0 Å². The second kappa shape index (κ2) is 5.29. The highest BCUT2D eigenvalue weighted by molar-refractivity contribution is 6.42. The molecule has 0 saturated heterocycles. The molecule has 0 radical (unpaired) electrons. The summed E-state index contributed by atoms with van der Waals surface area (Å²) in [5, 5.41) is 12.6. The molecule has 0 bridgehead atoms. The number of benzene rings is 1. The van der Waals surface area contributed by atoms with Gasteiger partial charge in [-0.15, -0.1) is 0 Å². The molecule has 0 amide bonds. The number of hydrogen-bond acceptors (Lipinski definition) is 3. The summed E-state index contributed by atoms with van der Waals surface area (Å²) >= 11 is 11.6. The van der Waals surface area contributed by atoms with Crippen LogP contribution in [0.25, 0.3) is 0 Å². The standard InChI is InChI=1S/C9H12Cl2N2O/c10-6-4-8(12)9(5-7(6)11)13-2-1-3-14/h4-5,13-14H,1-3,12H2. The van der Waals surface area contributed by atoms with Crippen LogP contribution in [-0.4, -0.2) is 18.3 Å². The van der Waals surface area contributed by atoms with E-state index in [1.807, 2.05) is 0 Å². The third-order valence-electron chi connectivity index (χ3n) is 1.74. The third kappa shape index (κ3) is 2.94. The fourth-order valence-electron chi connectivity index (χ4n) is 1.02. The van der Waals surface area contributed by atoms with E-state index in [9.17, 15) is 0 Å². The Morgan fingerprint density at radius 3 is 2.57 bits per heavy atom. The predicted octanol–water partition coefficient (Wildman–Crippen LogP) is 2.37. The molecule has 0 aliphatic heterocycles. The zero-order valence-corrected chi connectivity index (χ0v) is 9.07. The van der Waals surface area contributed by atoms with Crippen molar-refractivity contribution in [2.75, 3.05) is 24.2 Å². The smallest absolute Gasteiger partial charge is 0.0614 e. The molecule has 0 aliphatic carbocycles. The molecule has 0 aliphatic rings. The van der Waals surface area contributed by atoms with Crippen LogP contribution in [0.5, 0.6) is 0 Å². The zero-order valence-electron chi connectivity index (χ0n) is 7.56. The molecule has 0 aromatic heterocycles. The summed E-state index contributed by atoms with van der Waals surface area (Å²) in [6, 6.07) is 3.28. The lowest BCUT2D eigenvalue weighted by atomic mass is 10.2. The van der Waals surface area contributed by atoms with Crippen molar-refractivity contribution in [1.29, 1.82) is 0 Å². The van der Waals surface area contributed by atoms with Crippen LogP contribution in [-0.2, 0) is 0 Å². The summed E-state index contributed by atoms with van der Waals surface area (Å²) in [4.78, 5) is 0. The van der Waals surface area contributed by atoms with Crippen molar-refractivity contribution in [2.24, 2.45) is 0 Å². The molecule has 0 unspecified atom stereocenters. The number of anilines is 2. The molecule has 0 spiro atoms. The van der Waals surface area contributed by atoms with E-state index in [1.54, 1.807) is 12.1 Å². The van der Waals surface area contributed by atoms with Gasteiger partial charge in [0.15, 0.2) is 0 Å². The maximum absolute atomic E-state index is 8.59. The minimum Gasteiger partial charge on any atom is -0.397 e. The predicted molar refractivity (Wildman–Crippen MR) is 61.1 cm³/mol. The van der Waals surface area contributed by atoms with Crippen LogP contribution in [0.15, 0.2) is 12.1 Å². The maximum atomic E-state index is 8.59. The summed E-state index contributed by atoms with van der Waals surface area (Å²) in [6.07, 6.45) is 0.666. The number of nitrogens with two attached hydrogens (primary N) is 1. The monoisotopic (exact) mass is 234 g/mol. The Kier molecular flexibility index (Phi) is 4.32. The minimum absolute atomic E-state index is 0.147. The van der Waals surface area contributed by atoms with Crippen LogP contribution in [0.2, 0.25) is 10.0 Å². The normalized spacial score (nSPS) is 10.2. The average Bonchev–Trinajstić information content (AvgIpc) is 2.14. The zero-order chi connectivity index (χ0) is 10.6. The lowest BCUT2D eigenvalue weighted by Crippen LogP contribution is -2.05. The summed E-state index contributed by atoms with van der Waals surface area (Å²) in [5.74, 6) is 0. The topological polar surface area (TPSA) is 58.3 Å². The number of nitrogen functional groups attached to an aromatic ring is 1. The van der Waals surface area contributed by atoms with Gasteiger partial charge in [0.05, 0.1) is 21.4 Å². The van der Waals surface area contributed by atoms with Gasteiger partial charge in [-0.3, -0.25) is 0 Å². The van der Waals surface area contributed by atoms with Gasteiger partial charge in [0, 0.05) is 13.2 Å². The van der Waals surface area contributed by atoms with Crippen LogP contribution >= 0.6 is 23.2 Å². The van der Waals surface area contributed by atoms with Crippen molar-refractivity contribution in [3.63, 3.8) is 0 Å². The molecule has 0 heterocycles. The average molecular weight is 235 g/mol. The summed E-state index contributed by atoms with van der Waals surface area (Å²) in [7, 11) is 0. The largest absolute Gasteiger partial charge is 0.397 e. The van der Waals surface area contributed by atoms with Crippen molar-refractivity contribution in [3.8, 4) is 0 Å². The number of hydrogen-bond donors (Lipinski definition) is 3. The van der Waals surface area contributed by atoms with E-state index in [1.165, 1.54) is 0 Å². The highest BCUT2D eigenvalue weighted by atomic mass is 35.5. The molecule has 3 nitrogen and oxygen atoms in total. The van der Waals surface area contributed by atoms with E-state index < -0.39 is 0 Å². The number of aliphatic hydroxyl groups is 1. The van der Waals surface area contributed by atoms with Crippen molar-refractivity contribution >= 4 is 34.6 Å². The second-order valence-electron chi connectivity index (χ2n) is 2.86. The molecular weight excluding hydrogens is 223 g/mol. The molecule has 0 atom stereocenters.